The van der Waals surface area contributed by atoms with Crippen molar-refractivity contribution in [2.24, 2.45) is 0 Å². The molecular weight excluding hydrogens is 638 g/mol. The first-order valence-corrected chi connectivity index (χ1v) is 15.6. The number of nitrogens with zero attached hydrogens (tertiary/aromatic N) is 4. The summed E-state index contributed by atoms with van der Waals surface area (Å²) in [5, 5.41) is 53.5. The van der Waals surface area contributed by atoms with Crippen molar-refractivity contribution in [1.29, 1.82) is 0 Å². The largest absolute Gasteiger partial charge is 0.480 e. The fourth-order valence-corrected chi connectivity index (χ4v) is 5.77. The molecule has 1 aliphatic rings. The van der Waals surface area contributed by atoms with E-state index in [1.807, 2.05) is 19.2 Å². The fraction of sp³-hybridized carbons (Fsp3) is 0.759. The summed E-state index contributed by atoms with van der Waals surface area (Å²) < 4.78 is 0. The first-order valence-electron chi connectivity index (χ1n) is 15.6. The van der Waals surface area contributed by atoms with Crippen LogP contribution in [0, 0.1) is 0 Å². The molecule has 1 heterocycles. The van der Waals surface area contributed by atoms with Crippen LogP contribution in [0.1, 0.15) is 47.0 Å². The van der Waals surface area contributed by atoms with Crippen LogP contribution in [0.3, 0.4) is 0 Å². The molecule has 274 valence electrons. The maximum Gasteiger partial charge on any atom is 0.326 e. The van der Waals surface area contributed by atoms with Gasteiger partial charge in [-0.15, -0.1) is 0 Å². The number of carboxylic acids is 5. The zero-order chi connectivity index (χ0) is 36.7. The summed E-state index contributed by atoms with van der Waals surface area (Å²) in [5.41, 5.74) is -1.44. The molecule has 1 atom stereocenters. The summed E-state index contributed by atoms with van der Waals surface area (Å²) in [7, 11) is 0. The molecule has 48 heavy (non-hydrogen) atoms. The van der Waals surface area contributed by atoms with Crippen LogP contribution in [0.15, 0.2) is 0 Å². The van der Waals surface area contributed by atoms with Gasteiger partial charge in [0, 0.05) is 69.9 Å². The lowest BCUT2D eigenvalue weighted by Gasteiger charge is -2.45. The molecule has 19 heteroatoms. The number of aliphatic carboxylic acids is 5. The Morgan fingerprint density at radius 1 is 0.646 bits per heavy atom. The summed E-state index contributed by atoms with van der Waals surface area (Å²) in [6.45, 7) is 8.53. The van der Waals surface area contributed by atoms with Gasteiger partial charge in [-0.1, -0.05) is 0 Å². The van der Waals surface area contributed by atoms with E-state index in [0.29, 0.717) is 32.6 Å². The highest BCUT2D eigenvalue weighted by Gasteiger charge is 2.35. The lowest BCUT2D eigenvalue weighted by molar-refractivity contribution is -0.140. The molecule has 8 N–H and O–H groups in total. The van der Waals surface area contributed by atoms with Crippen molar-refractivity contribution in [3.8, 4) is 0 Å². The second-order valence-corrected chi connectivity index (χ2v) is 13.1. The highest BCUT2D eigenvalue weighted by atomic mass is 16.4. The SMILES string of the molecule is CC(C)(CC(C)(C)N1CCN(CC(=O)O)CCN(CC(=O)O)CCN(CC(=O)O)CC1)NC(=O)CC[C@H](NC(=O)NCC(=O)O)C(=O)O. The molecule has 0 aromatic heterocycles. The number of nitrogens with one attached hydrogen (secondary N) is 3. The van der Waals surface area contributed by atoms with E-state index in [4.69, 9.17) is 5.11 Å². The quantitative estimate of drug-likeness (QED) is 0.0832. The molecule has 0 spiro atoms. The molecule has 3 amide bonds. The van der Waals surface area contributed by atoms with Gasteiger partial charge in [0.2, 0.25) is 5.91 Å². The Morgan fingerprint density at radius 3 is 1.44 bits per heavy atom. The van der Waals surface area contributed by atoms with Crippen molar-refractivity contribution >= 4 is 41.8 Å². The predicted molar refractivity (Wildman–Crippen MR) is 170 cm³/mol. The van der Waals surface area contributed by atoms with E-state index >= 15 is 0 Å². The molecule has 1 saturated heterocycles. The van der Waals surface area contributed by atoms with E-state index in [9.17, 15) is 54.0 Å². The Kier molecular flexibility index (Phi) is 17.2. The topological polar surface area (TPSA) is 270 Å². The zero-order valence-corrected chi connectivity index (χ0v) is 28.1. The number of amides is 3. The molecule has 0 saturated carbocycles. The van der Waals surface area contributed by atoms with E-state index < -0.39 is 65.4 Å². The molecule has 0 aromatic rings. The Morgan fingerprint density at radius 2 is 1.06 bits per heavy atom. The van der Waals surface area contributed by atoms with Crippen LogP contribution in [0.2, 0.25) is 0 Å². The predicted octanol–water partition coefficient (Wildman–Crippen LogP) is -1.86. The molecule has 0 bridgehead atoms. The van der Waals surface area contributed by atoms with Gasteiger partial charge in [0.05, 0.1) is 19.6 Å². The number of hydrogen-bond donors (Lipinski definition) is 8. The first-order chi connectivity index (χ1) is 22.2. The number of urea groups is 1. The fourth-order valence-electron chi connectivity index (χ4n) is 5.77. The summed E-state index contributed by atoms with van der Waals surface area (Å²) >= 11 is 0. The summed E-state index contributed by atoms with van der Waals surface area (Å²) in [6.07, 6.45) is -0.124. The average molecular weight is 690 g/mol. The van der Waals surface area contributed by atoms with Crippen molar-refractivity contribution in [2.75, 3.05) is 78.5 Å². The van der Waals surface area contributed by atoms with Crippen LogP contribution in [-0.2, 0) is 28.8 Å². The van der Waals surface area contributed by atoms with Crippen LogP contribution in [0.5, 0.6) is 0 Å². The van der Waals surface area contributed by atoms with Crippen LogP contribution in [-0.4, -0.2) is 183 Å². The number of carbonyl (C=O) groups is 7. The van der Waals surface area contributed by atoms with E-state index in [0.717, 1.165) is 0 Å². The third-order valence-electron chi connectivity index (χ3n) is 7.79. The third-order valence-corrected chi connectivity index (χ3v) is 7.79. The van der Waals surface area contributed by atoms with Gasteiger partial charge in [-0.05, 0) is 40.5 Å². The Hall–Kier alpha value is -4.07. The highest BCUT2D eigenvalue weighted by molar-refractivity contribution is 5.85. The maximum atomic E-state index is 12.9. The minimum Gasteiger partial charge on any atom is -0.480 e. The summed E-state index contributed by atoms with van der Waals surface area (Å²) in [4.78, 5) is 88.8. The monoisotopic (exact) mass is 689 g/mol. The smallest absolute Gasteiger partial charge is 0.326 e. The number of hydrogen-bond acceptors (Lipinski definition) is 11. The molecule has 0 aromatic carbocycles. The highest BCUT2D eigenvalue weighted by Crippen LogP contribution is 2.26. The van der Waals surface area contributed by atoms with Crippen LogP contribution < -0.4 is 16.0 Å². The average Bonchev–Trinajstić information content (AvgIpc) is 2.92. The molecule has 0 radical (unpaired) electrons. The van der Waals surface area contributed by atoms with Gasteiger partial charge in [0.1, 0.15) is 12.6 Å². The standard InChI is InChI=1S/C29H51N7O12/c1-28(2,32-21(37)6-5-20(26(46)47)31-27(48)30-15-22(38)39)19-29(3,4)36-13-11-34(17-24(42)43)9-7-33(16-23(40)41)8-10-35(12-14-36)18-25(44)45/h20H,5-19H2,1-4H3,(H,32,37)(H,38,39)(H,40,41)(H,42,43)(H,44,45)(H,46,47)(H2,30,31,48)/t20-/m0/s1. The van der Waals surface area contributed by atoms with Gasteiger partial charge >= 0.3 is 35.9 Å². The van der Waals surface area contributed by atoms with E-state index in [1.165, 1.54) is 0 Å². The molecule has 0 aliphatic carbocycles. The van der Waals surface area contributed by atoms with Crippen molar-refractivity contribution in [3.63, 3.8) is 0 Å². The first kappa shape index (κ1) is 42.0. The minimum atomic E-state index is -1.44. The number of carboxylic acid groups (broad SMARTS) is 5. The van der Waals surface area contributed by atoms with Crippen molar-refractivity contribution in [2.45, 2.75) is 64.1 Å². The van der Waals surface area contributed by atoms with Crippen LogP contribution in [0.25, 0.3) is 0 Å². The molecular formula is C29H51N7O12. The Bertz CT molecular complexity index is 1120. The van der Waals surface area contributed by atoms with Crippen molar-refractivity contribution < 1.29 is 59.1 Å². The summed E-state index contributed by atoms with van der Waals surface area (Å²) in [6, 6.07) is -2.44. The van der Waals surface area contributed by atoms with E-state index in [2.05, 4.69) is 15.5 Å². The van der Waals surface area contributed by atoms with Gasteiger partial charge in [-0.2, -0.15) is 0 Å². The maximum absolute atomic E-state index is 12.9. The third kappa shape index (κ3) is 17.7. The summed E-state index contributed by atoms with van der Waals surface area (Å²) in [5.74, 6) is -6.29. The van der Waals surface area contributed by atoms with Crippen LogP contribution >= 0.6 is 0 Å². The molecule has 1 rings (SSSR count). The molecule has 1 fully saturated rings. The van der Waals surface area contributed by atoms with Crippen molar-refractivity contribution in [1.82, 2.24) is 35.6 Å². The van der Waals surface area contributed by atoms with Crippen molar-refractivity contribution in [3.05, 3.63) is 0 Å². The van der Waals surface area contributed by atoms with E-state index in [1.54, 1.807) is 28.5 Å². The second kappa shape index (κ2) is 19.7. The van der Waals surface area contributed by atoms with E-state index in [-0.39, 0.29) is 58.7 Å². The molecule has 19 nitrogen and oxygen atoms in total. The van der Waals surface area contributed by atoms with Gasteiger partial charge < -0.3 is 41.5 Å². The van der Waals surface area contributed by atoms with Gasteiger partial charge in [-0.3, -0.25) is 43.6 Å². The lowest BCUT2D eigenvalue weighted by Crippen LogP contribution is -2.57. The van der Waals surface area contributed by atoms with Gasteiger partial charge in [0.15, 0.2) is 0 Å². The second-order valence-electron chi connectivity index (χ2n) is 13.1. The van der Waals surface area contributed by atoms with Gasteiger partial charge in [-0.25, -0.2) is 9.59 Å². The normalized spacial score (nSPS) is 17.2. The zero-order valence-electron chi connectivity index (χ0n) is 28.1. The Balaban J connectivity index is 3.04. The van der Waals surface area contributed by atoms with Gasteiger partial charge in [0.25, 0.3) is 0 Å². The lowest BCUT2D eigenvalue weighted by atomic mass is 9.85. The number of rotatable bonds is 17. The minimum absolute atomic E-state index is 0.253. The molecule has 1 aliphatic heterocycles. The Labute approximate surface area is 279 Å². The molecule has 0 unspecified atom stereocenters. The number of carbonyl (C=O) groups excluding carboxylic acids is 2. The van der Waals surface area contributed by atoms with Crippen LogP contribution in [0.4, 0.5) is 4.79 Å².